The van der Waals surface area contributed by atoms with Crippen molar-refractivity contribution in [3.05, 3.63) is 70.8 Å². The van der Waals surface area contributed by atoms with Gasteiger partial charge < -0.3 is 32.4 Å². The molecular formula is C41H55N7O8. The van der Waals surface area contributed by atoms with Gasteiger partial charge in [0.1, 0.15) is 0 Å². The molecule has 2 fully saturated rings. The van der Waals surface area contributed by atoms with Crippen molar-refractivity contribution in [1.29, 1.82) is 0 Å². The summed E-state index contributed by atoms with van der Waals surface area (Å²) < 4.78 is 10.4. The first-order valence-electron chi connectivity index (χ1n) is 19.5. The van der Waals surface area contributed by atoms with Gasteiger partial charge in [0.25, 0.3) is 11.8 Å². The van der Waals surface area contributed by atoms with Gasteiger partial charge in [0.2, 0.25) is 11.1 Å². The van der Waals surface area contributed by atoms with Gasteiger partial charge in [-0.2, -0.15) is 0 Å². The first kappa shape index (κ1) is 40.8. The number of amides is 4. The molecule has 4 unspecified atom stereocenters. The van der Waals surface area contributed by atoms with Crippen molar-refractivity contribution in [3.8, 4) is 0 Å². The number of benzene rings is 2. The molecule has 8 rings (SSSR count). The second kappa shape index (κ2) is 14.6. The molecule has 0 spiro atoms. The monoisotopic (exact) mass is 773 g/mol. The molecule has 15 heteroatoms. The summed E-state index contributed by atoms with van der Waals surface area (Å²) in [5.74, 6) is -4.38. The van der Waals surface area contributed by atoms with Crippen molar-refractivity contribution in [2.45, 2.75) is 132 Å². The number of esters is 2. The highest BCUT2D eigenvalue weighted by Gasteiger charge is 2.70. The molecule has 56 heavy (non-hydrogen) atoms. The summed E-state index contributed by atoms with van der Waals surface area (Å²) in [6, 6.07) is 15.2. The average Bonchev–Trinajstić information content (AvgIpc) is 3.64. The molecule has 0 radical (unpaired) electrons. The zero-order chi connectivity index (χ0) is 41.0. The van der Waals surface area contributed by atoms with Crippen LogP contribution >= 0.6 is 0 Å². The summed E-state index contributed by atoms with van der Waals surface area (Å²) >= 11 is 0. The van der Waals surface area contributed by atoms with Gasteiger partial charge >= 0.3 is 24.1 Å². The highest BCUT2D eigenvalue weighted by atomic mass is 16.6. The Hall–Kier alpha value is -4.86. The maximum absolute atomic E-state index is 14.7. The maximum atomic E-state index is 14.7. The molecule has 6 atom stereocenters. The van der Waals surface area contributed by atoms with Gasteiger partial charge in [-0.3, -0.25) is 24.3 Å². The van der Waals surface area contributed by atoms with E-state index in [1.165, 1.54) is 0 Å². The maximum Gasteiger partial charge on any atom is 0.412 e. The Morgan fingerprint density at radius 1 is 0.679 bits per heavy atom. The average molecular weight is 774 g/mol. The number of carbonyl (C=O) groups excluding carboxylic acids is 6. The fraction of sp³-hybridized carbons (Fsp3) is 0.561. The minimum absolute atomic E-state index is 0.200. The lowest BCUT2D eigenvalue weighted by Gasteiger charge is -2.59. The Labute approximate surface area is 327 Å². The summed E-state index contributed by atoms with van der Waals surface area (Å²) in [6.45, 7) is 10.0. The van der Waals surface area contributed by atoms with E-state index >= 15 is 0 Å². The molecule has 2 heterocycles. The fourth-order valence-corrected chi connectivity index (χ4v) is 10.7. The Bertz CT molecular complexity index is 1790. The van der Waals surface area contributed by atoms with Gasteiger partial charge in [0, 0.05) is 29.5 Å². The highest BCUT2D eigenvalue weighted by Crippen LogP contribution is 2.53. The van der Waals surface area contributed by atoms with Gasteiger partial charge in [-0.1, -0.05) is 69.3 Å². The molecule has 0 aromatic heterocycles. The first-order chi connectivity index (χ1) is 26.3. The molecule has 4 amide bonds. The standard InChI is InChI=1S/C41H55N7O8/c1-6-37(2,3)48(29-9-7-23-46(29)40(31(42)49,33(51)55-35(44)53)38(4)21-19-25-11-15-27(38)16-12-25)30-10-8-24-47(30)41(32(43)50,34(52)56-36(45)54)39(5)22-20-26-13-17-28(39)18-14-26/h11-18,29-30H,6-10,19-24H2,1-5H3,(H2,42,49)(H2,43,50)(H2,44,53)(H2,45,54)/t29?,30?,38?,39?,40-,41-/m0/s1. The van der Waals surface area contributed by atoms with E-state index in [-0.39, 0.29) is 13.1 Å². The molecule has 4 aliphatic carbocycles. The van der Waals surface area contributed by atoms with Crippen LogP contribution in [0.25, 0.3) is 0 Å². The number of hydrogen-bond acceptors (Lipinski definition) is 11. The number of likely N-dealkylation sites (tertiary alicyclic amines) is 2. The van der Waals surface area contributed by atoms with Crippen LogP contribution < -0.4 is 22.9 Å². The van der Waals surface area contributed by atoms with Crippen LogP contribution in [0.2, 0.25) is 0 Å². The molecule has 302 valence electrons. The number of hydrogen-bond donors (Lipinski definition) is 4. The molecule has 2 aromatic rings. The number of nitrogens with zero attached hydrogens (tertiary/aromatic N) is 3. The number of nitrogens with two attached hydrogens (primary N) is 4. The van der Waals surface area contributed by atoms with Crippen molar-refractivity contribution in [2.75, 3.05) is 13.1 Å². The topological polar surface area (TPSA) is 235 Å². The van der Waals surface area contributed by atoms with Gasteiger partial charge in [-0.15, -0.1) is 0 Å². The number of carbonyl (C=O) groups is 6. The third-order valence-electron chi connectivity index (χ3n) is 13.8. The van der Waals surface area contributed by atoms with Gasteiger partial charge in [-0.25, -0.2) is 19.2 Å². The lowest BCUT2D eigenvalue weighted by molar-refractivity contribution is -0.186. The third kappa shape index (κ3) is 5.97. The lowest BCUT2D eigenvalue weighted by Crippen LogP contribution is -2.79. The van der Waals surface area contributed by atoms with Gasteiger partial charge in [0.05, 0.1) is 12.3 Å². The van der Waals surface area contributed by atoms with Crippen LogP contribution in [0.3, 0.4) is 0 Å². The van der Waals surface area contributed by atoms with E-state index < -0.39 is 75.7 Å². The minimum Gasteiger partial charge on any atom is -0.375 e. The van der Waals surface area contributed by atoms with E-state index in [9.17, 15) is 28.8 Å². The number of primary amides is 4. The van der Waals surface area contributed by atoms with E-state index in [0.717, 1.165) is 11.1 Å². The lowest BCUT2D eigenvalue weighted by atomic mass is 9.62. The van der Waals surface area contributed by atoms with E-state index in [0.29, 0.717) is 68.9 Å². The number of fused-ring (bicyclic) bond motifs is 8. The van der Waals surface area contributed by atoms with Crippen LogP contribution in [0.1, 0.15) is 102 Å². The number of aryl methyl sites for hydroxylation is 2. The van der Waals surface area contributed by atoms with Crippen molar-refractivity contribution < 1.29 is 38.2 Å². The van der Waals surface area contributed by atoms with Crippen LogP contribution in [0.4, 0.5) is 9.59 Å². The van der Waals surface area contributed by atoms with Crippen molar-refractivity contribution in [3.63, 3.8) is 0 Å². The summed E-state index contributed by atoms with van der Waals surface area (Å²) in [5.41, 5.74) is 19.3. The number of rotatable bonds is 12. The molecule has 6 aliphatic rings. The predicted octanol–water partition coefficient (Wildman–Crippen LogP) is 2.82. The SMILES string of the molecule is CCC(C)(C)N(C1CCCN1[C@@](C(N)=O)(C(=O)OC(N)=O)C1(C)CCc2ccc1cc2)C1CCCN1[C@@](C(N)=O)(C(=O)OC(N)=O)C1(C)CCc2ccc1cc2. The highest BCUT2D eigenvalue weighted by molar-refractivity contribution is 6.12. The Kier molecular flexibility index (Phi) is 10.6. The minimum atomic E-state index is -2.25. The first-order valence-corrected chi connectivity index (χ1v) is 19.5. The molecule has 15 nitrogen and oxygen atoms in total. The molecule has 2 saturated heterocycles. The van der Waals surface area contributed by atoms with Crippen LogP contribution in [0.5, 0.6) is 0 Å². The predicted molar refractivity (Wildman–Crippen MR) is 205 cm³/mol. The van der Waals surface area contributed by atoms with E-state index in [1.807, 2.05) is 69.3 Å². The zero-order valence-electron chi connectivity index (χ0n) is 33.0. The van der Waals surface area contributed by atoms with E-state index in [4.69, 9.17) is 32.4 Å². The Balaban J connectivity index is 1.59. The molecule has 4 bridgehead atoms. The van der Waals surface area contributed by atoms with Crippen molar-refractivity contribution >= 4 is 35.9 Å². The molecule has 0 saturated carbocycles. The number of ether oxygens (including phenoxy) is 2. The normalized spacial score (nSPS) is 27.2. The van der Waals surface area contributed by atoms with Crippen LogP contribution in [0.15, 0.2) is 48.5 Å². The van der Waals surface area contributed by atoms with Crippen LogP contribution in [-0.2, 0) is 52.3 Å². The zero-order valence-corrected chi connectivity index (χ0v) is 33.0. The van der Waals surface area contributed by atoms with Gasteiger partial charge in [0.15, 0.2) is 0 Å². The van der Waals surface area contributed by atoms with Crippen molar-refractivity contribution in [2.24, 2.45) is 22.9 Å². The quantitative estimate of drug-likeness (QED) is 0.181. The molecular weight excluding hydrogens is 718 g/mol. The summed E-state index contributed by atoms with van der Waals surface area (Å²) in [5, 5.41) is 0. The largest absolute Gasteiger partial charge is 0.412 e. The molecule has 8 N–H and O–H groups in total. The molecule has 2 aliphatic heterocycles. The Morgan fingerprint density at radius 3 is 1.34 bits per heavy atom. The Morgan fingerprint density at radius 2 is 1.04 bits per heavy atom. The van der Waals surface area contributed by atoms with Crippen LogP contribution in [-0.4, -0.2) is 92.7 Å². The van der Waals surface area contributed by atoms with E-state index in [2.05, 4.69) is 4.90 Å². The second-order valence-corrected chi connectivity index (χ2v) is 16.8. The summed E-state index contributed by atoms with van der Waals surface area (Å²) in [4.78, 5) is 88.7. The molecule has 2 aromatic carbocycles. The fourth-order valence-electron chi connectivity index (χ4n) is 10.7. The summed E-state index contributed by atoms with van der Waals surface area (Å²) in [7, 11) is 0. The summed E-state index contributed by atoms with van der Waals surface area (Å²) in [6.07, 6.45) is -0.198. The second-order valence-electron chi connectivity index (χ2n) is 16.8. The van der Waals surface area contributed by atoms with E-state index in [1.54, 1.807) is 23.6 Å². The van der Waals surface area contributed by atoms with Gasteiger partial charge in [-0.05, 0) is 93.9 Å². The third-order valence-corrected chi connectivity index (χ3v) is 13.8. The van der Waals surface area contributed by atoms with Crippen LogP contribution in [0, 0.1) is 0 Å². The van der Waals surface area contributed by atoms with Crippen molar-refractivity contribution in [1.82, 2.24) is 14.7 Å². The smallest absolute Gasteiger partial charge is 0.375 e.